The van der Waals surface area contributed by atoms with E-state index in [-0.39, 0.29) is 5.82 Å². The van der Waals surface area contributed by atoms with E-state index in [9.17, 15) is 9.50 Å². The van der Waals surface area contributed by atoms with Gasteiger partial charge < -0.3 is 5.11 Å². The Morgan fingerprint density at radius 2 is 1.76 bits per heavy atom. The molecule has 0 aromatic heterocycles. The SMILES string of the molecule is CCN(CC)C(C)(C)C(O)c1ccccc1F. The highest BCUT2D eigenvalue weighted by Gasteiger charge is 2.34. The minimum absolute atomic E-state index is 0.347. The van der Waals surface area contributed by atoms with Gasteiger partial charge in [-0.2, -0.15) is 0 Å². The third-order valence-electron chi connectivity index (χ3n) is 3.45. The van der Waals surface area contributed by atoms with Crippen molar-refractivity contribution in [1.82, 2.24) is 4.90 Å². The normalized spacial score (nSPS) is 14.1. The molecule has 1 atom stereocenters. The lowest BCUT2D eigenvalue weighted by Crippen LogP contribution is -2.48. The van der Waals surface area contributed by atoms with E-state index in [1.807, 2.05) is 27.7 Å². The molecular weight excluding hydrogens is 217 g/mol. The molecule has 0 heterocycles. The van der Waals surface area contributed by atoms with Gasteiger partial charge in [0.1, 0.15) is 5.82 Å². The van der Waals surface area contributed by atoms with Gasteiger partial charge in [0.25, 0.3) is 0 Å². The van der Waals surface area contributed by atoms with Crippen LogP contribution in [0.25, 0.3) is 0 Å². The molecular formula is C14H22FNO. The number of halogens is 1. The van der Waals surface area contributed by atoms with Crippen molar-refractivity contribution in [3.8, 4) is 0 Å². The summed E-state index contributed by atoms with van der Waals surface area (Å²) in [5.41, 5.74) is -0.115. The fraction of sp³-hybridized carbons (Fsp3) is 0.571. The Bertz CT molecular complexity index is 361. The molecule has 1 N–H and O–H groups in total. The second kappa shape index (κ2) is 5.61. The molecule has 1 aromatic carbocycles. The number of nitrogens with zero attached hydrogens (tertiary/aromatic N) is 1. The molecule has 0 spiro atoms. The Balaban J connectivity index is 3.03. The predicted octanol–water partition coefficient (Wildman–Crippen LogP) is 2.98. The van der Waals surface area contributed by atoms with Crippen LogP contribution in [0.4, 0.5) is 4.39 Å². The van der Waals surface area contributed by atoms with Gasteiger partial charge in [-0.25, -0.2) is 4.39 Å². The monoisotopic (exact) mass is 239 g/mol. The van der Waals surface area contributed by atoms with E-state index in [0.29, 0.717) is 5.56 Å². The van der Waals surface area contributed by atoms with Gasteiger partial charge in [0.15, 0.2) is 0 Å². The highest BCUT2D eigenvalue weighted by molar-refractivity contribution is 5.22. The minimum Gasteiger partial charge on any atom is -0.386 e. The summed E-state index contributed by atoms with van der Waals surface area (Å²) in [6.45, 7) is 9.62. The van der Waals surface area contributed by atoms with Crippen LogP contribution in [-0.2, 0) is 0 Å². The smallest absolute Gasteiger partial charge is 0.129 e. The topological polar surface area (TPSA) is 23.5 Å². The summed E-state index contributed by atoms with van der Waals surface area (Å²) in [6.07, 6.45) is -0.830. The van der Waals surface area contributed by atoms with Crippen LogP contribution in [0.3, 0.4) is 0 Å². The standard InChI is InChI=1S/C14H22FNO/c1-5-16(6-2)14(3,4)13(17)11-9-7-8-10-12(11)15/h7-10,13,17H,5-6H2,1-4H3. The molecule has 0 saturated heterocycles. The van der Waals surface area contributed by atoms with Crippen molar-refractivity contribution in [1.29, 1.82) is 0 Å². The molecule has 0 aliphatic heterocycles. The molecule has 0 saturated carbocycles. The summed E-state index contributed by atoms with van der Waals surface area (Å²) >= 11 is 0. The van der Waals surface area contributed by atoms with Crippen molar-refractivity contribution in [3.05, 3.63) is 35.6 Å². The molecule has 17 heavy (non-hydrogen) atoms. The average Bonchev–Trinajstić information content (AvgIpc) is 2.30. The number of rotatable bonds is 5. The minimum atomic E-state index is -0.830. The molecule has 1 unspecified atom stereocenters. The zero-order valence-corrected chi connectivity index (χ0v) is 11.1. The summed E-state index contributed by atoms with van der Waals surface area (Å²) in [4.78, 5) is 2.13. The molecule has 0 radical (unpaired) electrons. The molecule has 96 valence electrons. The van der Waals surface area contributed by atoms with E-state index in [1.54, 1.807) is 18.2 Å². The molecule has 0 aliphatic carbocycles. The van der Waals surface area contributed by atoms with Crippen LogP contribution >= 0.6 is 0 Å². The van der Waals surface area contributed by atoms with Gasteiger partial charge in [-0.3, -0.25) is 4.90 Å². The van der Waals surface area contributed by atoms with Crippen LogP contribution in [0.2, 0.25) is 0 Å². The molecule has 0 aliphatic rings. The number of aliphatic hydroxyl groups is 1. The largest absolute Gasteiger partial charge is 0.386 e. The van der Waals surface area contributed by atoms with E-state index < -0.39 is 11.6 Å². The third kappa shape index (κ3) is 2.85. The van der Waals surface area contributed by atoms with E-state index in [4.69, 9.17) is 0 Å². The zero-order chi connectivity index (χ0) is 13.1. The third-order valence-corrected chi connectivity index (χ3v) is 3.45. The quantitative estimate of drug-likeness (QED) is 0.854. The van der Waals surface area contributed by atoms with Crippen LogP contribution in [-0.4, -0.2) is 28.6 Å². The average molecular weight is 239 g/mol. The fourth-order valence-electron chi connectivity index (χ4n) is 2.29. The van der Waals surface area contributed by atoms with Gasteiger partial charge in [0.2, 0.25) is 0 Å². The highest BCUT2D eigenvalue weighted by Crippen LogP contribution is 2.31. The molecule has 1 aromatic rings. The van der Waals surface area contributed by atoms with Crippen LogP contribution in [0.15, 0.2) is 24.3 Å². The Labute approximate surface area is 103 Å². The number of aliphatic hydroxyl groups excluding tert-OH is 1. The first-order chi connectivity index (χ1) is 7.95. The lowest BCUT2D eigenvalue weighted by molar-refractivity contribution is -0.00812. The van der Waals surface area contributed by atoms with E-state index in [0.717, 1.165) is 13.1 Å². The first-order valence-corrected chi connectivity index (χ1v) is 6.12. The molecule has 1 rings (SSSR count). The fourth-order valence-corrected chi connectivity index (χ4v) is 2.29. The molecule has 2 nitrogen and oxygen atoms in total. The Morgan fingerprint density at radius 1 is 1.24 bits per heavy atom. The van der Waals surface area contributed by atoms with Crippen molar-refractivity contribution in [3.63, 3.8) is 0 Å². The van der Waals surface area contributed by atoms with E-state index >= 15 is 0 Å². The molecule has 3 heteroatoms. The van der Waals surface area contributed by atoms with Crippen molar-refractivity contribution >= 4 is 0 Å². The van der Waals surface area contributed by atoms with Crippen molar-refractivity contribution in [2.24, 2.45) is 0 Å². The maximum atomic E-state index is 13.7. The number of hydrogen-bond acceptors (Lipinski definition) is 2. The maximum Gasteiger partial charge on any atom is 0.129 e. The van der Waals surface area contributed by atoms with Crippen molar-refractivity contribution in [2.45, 2.75) is 39.3 Å². The van der Waals surface area contributed by atoms with Crippen LogP contribution in [0, 0.1) is 5.82 Å². The van der Waals surface area contributed by atoms with Gasteiger partial charge in [0.05, 0.1) is 6.10 Å². The van der Waals surface area contributed by atoms with Gasteiger partial charge >= 0.3 is 0 Å². The lowest BCUT2D eigenvalue weighted by Gasteiger charge is -2.41. The second-order valence-corrected chi connectivity index (χ2v) is 4.75. The zero-order valence-electron chi connectivity index (χ0n) is 11.1. The predicted molar refractivity (Wildman–Crippen MR) is 68.4 cm³/mol. The number of likely N-dealkylation sites (N-methyl/N-ethyl adjacent to an activating group) is 1. The summed E-state index contributed by atoms with van der Waals surface area (Å²) in [7, 11) is 0. The first-order valence-electron chi connectivity index (χ1n) is 6.12. The van der Waals surface area contributed by atoms with E-state index in [1.165, 1.54) is 6.07 Å². The molecule has 0 amide bonds. The van der Waals surface area contributed by atoms with Gasteiger partial charge in [-0.1, -0.05) is 32.0 Å². The maximum absolute atomic E-state index is 13.7. The summed E-state index contributed by atoms with van der Waals surface area (Å²) in [5.74, 6) is -0.347. The second-order valence-electron chi connectivity index (χ2n) is 4.75. The first kappa shape index (κ1) is 14.1. The van der Waals surface area contributed by atoms with Gasteiger partial charge in [-0.15, -0.1) is 0 Å². The highest BCUT2D eigenvalue weighted by atomic mass is 19.1. The summed E-state index contributed by atoms with van der Waals surface area (Å²) in [5, 5.41) is 10.4. The summed E-state index contributed by atoms with van der Waals surface area (Å²) < 4.78 is 13.7. The van der Waals surface area contributed by atoms with Crippen LogP contribution < -0.4 is 0 Å². The van der Waals surface area contributed by atoms with Crippen LogP contribution in [0.1, 0.15) is 39.4 Å². The lowest BCUT2D eigenvalue weighted by atomic mass is 9.89. The summed E-state index contributed by atoms with van der Waals surface area (Å²) in [6, 6.07) is 6.41. The van der Waals surface area contributed by atoms with Crippen LogP contribution in [0.5, 0.6) is 0 Å². The Morgan fingerprint density at radius 3 is 2.24 bits per heavy atom. The van der Waals surface area contributed by atoms with Crippen molar-refractivity contribution < 1.29 is 9.50 Å². The number of benzene rings is 1. The Kier molecular flexibility index (Phi) is 4.66. The molecule has 0 fully saturated rings. The Hall–Kier alpha value is -0.930. The van der Waals surface area contributed by atoms with Gasteiger partial charge in [-0.05, 0) is 33.0 Å². The van der Waals surface area contributed by atoms with Gasteiger partial charge in [0, 0.05) is 11.1 Å². The van der Waals surface area contributed by atoms with E-state index in [2.05, 4.69) is 4.90 Å². The molecule has 0 bridgehead atoms. The van der Waals surface area contributed by atoms with Crippen molar-refractivity contribution in [2.75, 3.05) is 13.1 Å². The number of hydrogen-bond donors (Lipinski definition) is 1.